The summed E-state index contributed by atoms with van der Waals surface area (Å²) in [5.41, 5.74) is 2.62. The Balaban J connectivity index is 1.81. The summed E-state index contributed by atoms with van der Waals surface area (Å²) < 4.78 is 3.20. The summed E-state index contributed by atoms with van der Waals surface area (Å²) in [6, 6.07) is 0.678. The van der Waals surface area contributed by atoms with Crippen LogP contribution in [0.15, 0.2) is 4.47 Å². The lowest BCUT2D eigenvalue weighted by Crippen LogP contribution is -2.63. The molecule has 1 saturated carbocycles. The molecule has 2 atom stereocenters. The summed E-state index contributed by atoms with van der Waals surface area (Å²) in [5, 5.41) is 8.34. The quantitative estimate of drug-likeness (QED) is 0.902. The summed E-state index contributed by atoms with van der Waals surface area (Å²) in [5.74, 6) is 0.908. The summed E-state index contributed by atoms with van der Waals surface area (Å²) >= 11 is 3.72. The van der Waals surface area contributed by atoms with Gasteiger partial charge in [0.05, 0.1) is 15.9 Å². The molecule has 4 nitrogen and oxygen atoms in total. The number of hydrogen-bond acceptors (Lipinski definition) is 3. The lowest BCUT2D eigenvalue weighted by molar-refractivity contribution is 0.0348. The first-order valence-electron chi connectivity index (χ1n) is 8.11. The van der Waals surface area contributed by atoms with Gasteiger partial charge in [0.15, 0.2) is 0 Å². The smallest absolute Gasteiger partial charge is 0.0739 e. The van der Waals surface area contributed by atoms with E-state index >= 15 is 0 Å². The molecule has 3 rings (SSSR count). The SMILES string of the molecule is CCC1(C)CNC(C2CC2)CN1Cc1c(Br)c(C)nn1C. The lowest BCUT2D eigenvalue weighted by Gasteiger charge is -2.48. The second-order valence-electron chi connectivity index (χ2n) is 7.03. The maximum absolute atomic E-state index is 4.54. The molecule has 2 heterocycles. The molecule has 1 N–H and O–H groups in total. The second-order valence-corrected chi connectivity index (χ2v) is 7.82. The van der Waals surface area contributed by atoms with Crippen LogP contribution in [0.1, 0.15) is 44.5 Å². The minimum Gasteiger partial charge on any atom is -0.311 e. The zero-order chi connectivity index (χ0) is 15.2. The molecule has 0 spiro atoms. The third-order valence-electron chi connectivity index (χ3n) is 5.48. The highest BCUT2D eigenvalue weighted by molar-refractivity contribution is 9.10. The van der Waals surface area contributed by atoms with E-state index < -0.39 is 0 Å². The maximum atomic E-state index is 4.54. The van der Waals surface area contributed by atoms with Crippen LogP contribution in [0.25, 0.3) is 0 Å². The Kier molecular flexibility index (Phi) is 4.19. The van der Waals surface area contributed by atoms with Crippen molar-refractivity contribution >= 4 is 15.9 Å². The third-order valence-corrected chi connectivity index (χ3v) is 6.51. The van der Waals surface area contributed by atoms with Gasteiger partial charge in [-0.3, -0.25) is 9.58 Å². The zero-order valence-electron chi connectivity index (χ0n) is 13.6. The third kappa shape index (κ3) is 2.92. The molecule has 1 aliphatic heterocycles. The molecular weight excluding hydrogens is 328 g/mol. The van der Waals surface area contributed by atoms with Crippen molar-refractivity contribution in [3.05, 3.63) is 15.9 Å². The van der Waals surface area contributed by atoms with Gasteiger partial charge in [-0.1, -0.05) is 6.92 Å². The predicted octanol–water partition coefficient (Wildman–Crippen LogP) is 2.84. The van der Waals surface area contributed by atoms with Crippen molar-refractivity contribution in [1.29, 1.82) is 0 Å². The van der Waals surface area contributed by atoms with Gasteiger partial charge < -0.3 is 5.32 Å². The fourth-order valence-corrected chi connectivity index (χ4v) is 3.90. The number of halogens is 1. The number of nitrogens with zero attached hydrogens (tertiary/aromatic N) is 3. The first kappa shape index (κ1) is 15.5. The fourth-order valence-electron chi connectivity index (χ4n) is 3.44. The van der Waals surface area contributed by atoms with Crippen LogP contribution in [0.3, 0.4) is 0 Å². The Hall–Kier alpha value is -0.390. The fraction of sp³-hybridized carbons (Fsp3) is 0.812. The molecule has 21 heavy (non-hydrogen) atoms. The highest BCUT2D eigenvalue weighted by Gasteiger charge is 2.42. The number of nitrogens with one attached hydrogen (secondary N) is 1. The van der Waals surface area contributed by atoms with Crippen LogP contribution in [0.4, 0.5) is 0 Å². The largest absolute Gasteiger partial charge is 0.311 e. The van der Waals surface area contributed by atoms with E-state index in [-0.39, 0.29) is 5.54 Å². The van der Waals surface area contributed by atoms with Gasteiger partial charge >= 0.3 is 0 Å². The number of aromatic nitrogens is 2. The minimum absolute atomic E-state index is 0.239. The Labute approximate surface area is 136 Å². The first-order valence-corrected chi connectivity index (χ1v) is 8.90. The molecule has 1 saturated heterocycles. The van der Waals surface area contributed by atoms with Gasteiger partial charge in [-0.15, -0.1) is 0 Å². The minimum atomic E-state index is 0.239. The Bertz CT molecular complexity index is 523. The average Bonchev–Trinajstić information content (AvgIpc) is 3.26. The van der Waals surface area contributed by atoms with Crippen LogP contribution in [-0.2, 0) is 13.6 Å². The van der Waals surface area contributed by atoms with Crippen molar-refractivity contribution in [3.8, 4) is 0 Å². The Morgan fingerprint density at radius 1 is 1.43 bits per heavy atom. The number of hydrogen-bond donors (Lipinski definition) is 1. The van der Waals surface area contributed by atoms with Gasteiger partial charge in [-0.05, 0) is 55.0 Å². The molecule has 5 heteroatoms. The molecule has 2 fully saturated rings. The summed E-state index contributed by atoms with van der Waals surface area (Å²) in [4.78, 5) is 2.67. The molecule has 1 aromatic heterocycles. The van der Waals surface area contributed by atoms with Gasteiger partial charge in [0.25, 0.3) is 0 Å². The molecule has 118 valence electrons. The van der Waals surface area contributed by atoms with E-state index in [1.807, 2.05) is 4.68 Å². The zero-order valence-corrected chi connectivity index (χ0v) is 15.2. The van der Waals surface area contributed by atoms with E-state index in [4.69, 9.17) is 0 Å². The average molecular weight is 355 g/mol. The standard InChI is InChI=1S/C16H27BrN4/c1-5-16(3)10-18-13(12-6-7-12)8-21(16)9-14-15(17)11(2)19-20(14)4/h12-13,18H,5-10H2,1-4H3. The lowest BCUT2D eigenvalue weighted by atomic mass is 9.91. The Morgan fingerprint density at radius 2 is 2.14 bits per heavy atom. The molecule has 1 aromatic rings. The first-order chi connectivity index (χ1) is 9.94. The van der Waals surface area contributed by atoms with Gasteiger partial charge in [0, 0.05) is 38.3 Å². The number of aryl methyl sites for hydroxylation is 2. The van der Waals surface area contributed by atoms with Gasteiger partial charge in [0.2, 0.25) is 0 Å². The summed E-state index contributed by atoms with van der Waals surface area (Å²) in [6.07, 6.45) is 3.98. The molecule has 2 unspecified atom stereocenters. The van der Waals surface area contributed by atoms with Crippen molar-refractivity contribution in [2.75, 3.05) is 13.1 Å². The molecule has 1 aliphatic carbocycles. The molecular formula is C16H27BrN4. The predicted molar refractivity (Wildman–Crippen MR) is 89.3 cm³/mol. The second kappa shape index (κ2) is 5.67. The maximum Gasteiger partial charge on any atom is 0.0739 e. The van der Waals surface area contributed by atoms with Crippen LogP contribution >= 0.6 is 15.9 Å². The van der Waals surface area contributed by atoms with E-state index in [0.717, 1.165) is 31.2 Å². The van der Waals surface area contributed by atoms with Gasteiger partial charge in [-0.25, -0.2) is 0 Å². The molecule has 0 amide bonds. The summed E-state index contributed by atoms with van der Waals surface area (Å²) in [6.45, 7) is 9.99. The topological polar surface area (TPSA) is 33.1 Å². The van der Waals surface area contributed by atoms with E-state index in [1.54, 1.807) is 0 Å². The van der Waals surface area contributed by atoms with Crippen molar-refractivity contribution in [2.24, 2.45) is 13.0 Å². The van der Waals surface area contributed by atoms with E-state index in [2.05, 4.69) is 59.1 Å². The van der Waals surface area contributed by atoms with Gasteiger partial charge in [-0.2, -0.15) is 5.10 Å². The molecule has 0 aromatic carbocycles. The number of piperazine rings is 1. The normalized spacial score (nSPS) is 30.8. The van der Waals surface area contributed by atoms with E-state index in [0.29, 0.717) is 6.04 Å². The summed E-state index contributed by atoms with van der Waals surface area (Å²) in [7, 11) is 2.05. The number of rotatable bonds is 4. The van der Waals surface area contributed by atoms with E-state index in [1.165, 1.54) is 29.4 Å². The van der Waals surface area contributed by atoms with Crippen molar-refractivity contribution in [1.82, 2.24) is 20.0 Å². The highest BCUT2D eigenvalue weighted by atomic mass is 79.9. The highest BCUT2D eigenvalue weighted by Crippen LogP contribution is 2.37. The molecule has 2 aliphatic rings. The van der Waals surface area contributed by atoms with Crippen molar-refractivity contribution in [2.45, 2.75) is 58.2 Å². The van der Waals surface area contributed by atoms with Crippen LogP contribution in [-0.4, -0.2) is 39.4 Å². The van der Waals surface area contributed by atoms with Crippen LogP contribution < -0.4 is 5.32 Å². The monoisotopic (exact) mass is 354 g/mol. The molecule has 0 bridgehead atoms. The van der Waals surface area contributed by atoms with Crippen LogP contribution in [0.5, 0.6) is 0 Å². The Morgan fingerprint density at radius 3 is 2.67 bits per heavy atom. The van der Waals surface area contributed by atoms with Gasteiger partial charge in [0.1, 0.15) is 0 Å². The van der Waals surface area contributed by atoms with Crippen LogP contribution in [0, 0.1) is 12.8 Å². The van der Waals surface area contributed by atoms with Crippen molar-refractivity contribution in [3.63, 3.8) is 0 Å². The molecule has 0 radical (unpaired) electrons. The van der Waals surface area contributed by atoms with Crippen molar-refractivity contribution < 1.29 is 0 Å². The van der Waals surface area contributed by atoms with Crippen LogP contribution in [0.2, 0.25) is 0 Å². The van der Waals surface area contributed by atoms with E-state index in [9.17, 15) is 0 Å².